The summed E-state index contributed by atoms with van der Waals surface area (Å²) in [6.45, 7) is 0. The Morgan fingerprint density at radius 1 is 1.44 bits per heavy atom. The summed E-state index contributed by atoms with van der Waals surface area (Å²) in [6.07, 6.45) is 3.77. The Balaban J connectivity index is 2.08. The maximum Gasteiger partial charge on any atom is 0.242 e. The molecule has 88 valence electrons. The number of thioether (sulfide) groups is 1. The Hall–Kier alpha value is -1.17. The van der Waals surface area contributed by atoms with Gasteiger partial charge in [0.25, 0.3) is 0 Å². The smallest absolute Gasteiger partial charge is 0.242 e. The van der Waals surface area contributed by atoms with Crippen LogP contribution in [0.5, 0.6) is 5.88 Å². The molecule has 0 amide bonds. The summed E-state index contributed by atoms with van der Waals surface area (Å²) >= 11 is 1.99. The summed E-state index contributed by atoms with van der Waals surface area (Å²) in [7, 11) is 1.56. The molecule has 2 rings (SSSR count). The normalized spacial score (nSPS) is 17.1. The van der Waals surface area contributed by atoms with Crippen LogP contribution in [0.1, 0.15) is 12.8 Å². The zero-order chi connectivity index (χ0) is 11.4. The van der Waals surface area contributed by atoms with Gasteiger partial charge in [0, 0.05) is 6.04 Å². The summed E-state index contributed by atoms with van der Waals surface area (Å²) in [6, 6.07) is 0.461. The summed E-state index contributed by atoms with van der Waals surface area (Å²) in [5, 5.41) is 3.35. The van der Waals surface area contributed by atoms with Crippen molar-refractivity contribution in [2.24, 2.45) is 0 Å². The Morgan fingerprint density at radius 3 is 2.88 bits per heavy atom. The van der Waals surface area contributed by atoms with Gasteiger partial charge < -0.3 is 15.8 Å². The zero-order valence-electron chi connectivity index (χ0n) is 9.27. The van der Waals surface area contributed by atoms with Crippen molar-refractivity contribution in [2.45, 2.75) is 18.9 Å². The van der Waals surface area contributed by atoms with Crippen molar-refractivity contribution in [2.75, 3.05) is 29.7 Å². The Kier molecular flexibility index (Phi) is 3.71. The lowest BCUT2D eigenvalue weighted by molar-refractivity contribution is 0.399. The van der Waals surface area contributed by atoms with E-state index in [-0.39, 0.29) is 0 Å². The van der Waals surface area contributed by atoms with Gasteiger partial charge in [0.15, 0.2) is 5.82 Å². The highest BCUT2D eigenvalue weighted by Gasteiger charge is 2.16. The number of rotatable bonds is 3. The van der Waals surface area contributed by atoms with Gasteiger partial charge in [-0.2, -0.15) is 16.7 Å². The molecule has 3 N–H and O–H groups in total. The first-order valence-electron chi connectivity index (χ1n) is 5.30. The van der Waals surface area contributed by atoms with Crippen molar-refractivity contribution in [1.82, 2.24) is 9.97 Å². The number of nitrogens with one attached hydrogen (secondary N) is 1. The van der Waals surface area contributed by atoms with E-state index in [9.17, 15) is 0 Å². The third kappa shape index (κ3) is 2.49. The molecule has 0 aromatic carbocycles. The quantitative estimate of drug-likeness (QED) is 0.831. The van der Waals surface area contributed by atoms with E-state index in [0.717, 1.165) is 12.8 Å². The lowest BCUT2D eigenvalue weighted by Crippen LogP contribution is -2.25. The number of ether oxygens (including phenoxy) is 1. The molecule has 0 unspecified atom stereocenters. The minimum atomic E-state index is 0.433. The molecule has 16 heavy (non-hydrogen) atoms. The van der Waals surface area contributed by atoms with Crippen molar-refractivity contribution in [1.29, 1.82) is 0 Å². The minimum Gasteiger partial charge on any atom is -0.479 e. The van der Waals surface area contributed by atoms with Crippen molar-refractivity contribution in [3.63, 3.8) is 0 Å². The zero-order valence-corrected chi connectivity index (χ0v) is 10.1. The average molecular weight is 240 g/mol. The van der Waals surface area contributed by atoms with Crippen LogP contribution >= 0.6 is 11.8 Å². The predicted octanol–water partition coefficient (Wildman–Crippen LogP) is 1.37. The van der Waals surface area contributed by atoms with Crippen LogP contribution in [0.4, 0.5) is 11.5 Å². The number of hydrogen-bond donors (Lipinski definition) is 2. The second-order valence-corrected chi connectivity index (χ2v) is 4.90. The fraction of sp³-hybridized carbons (Fsp3) is 0.600. The number of anilines is 2. The summed E-state index contributed by atoms with van der Waals surface area (Å²) in [5.74, 6) is 3.51. The van der Waals surface area contributed by atoms with Crippen molar-refractivity contribution >= 4 is 23.3 Å². The molecule has 2 heterocycles. The number of nitrogen functional groups attached to an aromatic ring is 1. The van der Waals surface area contributed by atoms with Crippen molar-refractivity contribution in [3.05, 3.63) is 6.33 Å². The Bertz CT molecular complexity index is 355. The molecule has 6 heteroatoms. The van der Waals surface area contributed by atoms with Gasteiger partial charge in [-0.05, 0) is 24.3 Å². The molecule has 0 radical (unpaired) electrons. The first kappa shape index (κ1) is 11.3. The van der Waals surface area contributed by atoms with Crippen molar-refractivity contribution in [3.8, 4) is 5.88 Å². The van der Waals surface area contributed by atoms with Crippen LogP contribution in [0.2, 0.25) is 0 Å². The second kappa shape index (κ2) is 5.25. The fourth-order valence-corrected chi connectivity index (χ4v) is 2.80. The maximum atomic E-state index is 5.89. The van der Waals surface area contributed by atoms with E-state index in [1.807, 2.05) is 11.8 Å². The standard InChI is InChI=1S/C10H16N4OS/c1-15-10-8(11)9(12-6-13-10)14-7-2-4-16-5-3-7/h6-7H,2-5,11H2,1H3,(H,12,13,14). The molecule has 1 fully saturated rings. The van der Waals surface area contributed by atoms with Crippen molar-refractivity contribution < 1.29 is 4.74 Å². The monoisotopic (exact) mass is 240 g/mol. The van der Waals surface area contributed by atoms with Gasteiger partial charge in [0.05, 0.1) is 7.11 Å². The summed E-state index contributed by atoms with van der Waals surface area (Å²) in [4.78, 5) is 8.10. The number of nitrogens with zero attached hydrogens (tertiary/aromatic N) is 2. The average Bonchev–Trinajstić information content (AvgIpc) is 2.33. The lowest BCUT2D eigenvalue weighted by Gasteiger charge is -2.23. The van der Waals surface area contributed by atoms with E-state index in [4.69, 9.17) is 10.5 Å². The van der Waals surface area contributed by atoms with Gasteiger partial charge in [-0.25, -0.2) is 4.98 Å². The summed E-state index contributed by atoms with van der Waals surface area (Å²) in [5.41, 5.74) is 6.38. The van der Waals surface area contributed by atoms with Crippen LogP contribution in [0.25, 0.3) is 0 Å². The predicted molar refractivity (Wildman–Crippen MR) is 67.0 cm³/mol. The van der Waals surface area contributed by atoms with Gasteiger partial charge in [0.1, 0.15) is 12.0 Å². The van der Waals surface area contributed by atoms with Crippen LogP contribution in [-0.4, -0.2) is 34.6 Å². The summed E-state index contributed by atoms with van der Waals surface area (Å²) < 4.78 is 5.05. The van der Waals surface area contributed by atoms with Gasteiger partial charge in [-0.1, -0.05) is 0 Å². The van der Waals surface area contributed by atoms with Gasteiger partial charge in [0.2, 0.25) is 5.88 Å². The van der Waals surface area contributed by atoms with Gasteiger partial charge in [-0.3, -0.25) is 0 Å². The van der Waals surface area contributed by atoms with Gasteiger partial charge in [-0.15, -0.1) is 0 Å². The number of methoxy groups -OCH3 is 1. The highest BCUT2D eigenvalue weighted by molar-refractivity contribution is 7.99. The van der Waals surface area contributed by atoms with Crippen LogP contribution in [0, 0.1) is 0 Å². The third-order valence-corrected chi connectivity index (χ3v) is 3.65. The molecule has 1 aromatic rings. The second-order valence-electron chi connectivity index (χ2n) is 3.68. The van der Waals surface area contributed by atoms with E-state index in [2.05, 4.69) is 15.3 Å². The van der Waals surface area contributed by atoms with Crippen LogP contribution in [0.15, 0.2) is 6.33 Å². The number of hydrogen-bond acceptors (Lipinski definition) is 6. The van der Waals surface area contributed by atoms with E-state index in [1.165, 1.54) is 17.8 Å². The molecular formula is C10H16N4OS. The lowest BCUT2D eigenvalue weighted by atomic mass is 10.1. The molecule has 1 saturated heterocycles. The van der Waals surface area contributed by atoms with Crippen LogP contribution in [0.3, 0.4) is 0 Å². The molecule has 1 aliphatic rings. The molecule has 0 bridgehead atoms. The van der Waals surface area contributed by atoms with Crippen LogP contribution in [-0.2, 0) is 0 Å². The molecule has 0 aliphatic carbocycles. The topological polar surface area (TPSA) is 73.1 Å². The molecule has 0 atom stereocenters. The molecule has 0 saturated carbocycles. The number of aromatic nitrogens is 2. The third-order valence-electron chi connectivity index (χ3n) is 2.60. The molecular weight excluding hydrogens is 224 g/mol. The molecule has 1 aromatic heterocycles. The maximum absolute atomic E-state index is 5.89. The SMILES string of the molecule is COc1ncnc(NC2CCSCC2)c1N. The van der Waals surface area contributed by atoms with E-state index in [0.29, 0.717) is 23.4 Å². The first-order chi connectivity index (χ1) is 7.81. The van der Waals surface area contributed by atoms with E-state index in [1.54, 1.807) is 7.11 Å². The largest absolute Gasteiger partial charge is 0.479 e. The van der Waals surface area contributed by atoms with E-state index >= 15 is 0 Å². The number of nitrogens with two attached hydrogens (primary N) is 1. The van der Waals surface area contributed by atoms with E-state index < -0.39 is 0 Å². The highest BCUT2D eigenvalue weighted by Crippen LogP contribution is 2.27. The minimum absolute atomic E-state index is 0.433. The Labute approximate surface area is 99.2 Å². The highest BCUT2D eigenvalue weighted by atomic mass is 32.2. The molecule has 0 spiro atoms. The first-order valence-corrected chi connectivity index (χ1v) is 6.45. The van der Waals surface area contributed by atoms with Crippen LogP contribution < -0.4 is 15.8 Å². The Morgan fingerprint density at radius 2 is 2.19 bits per heavy atom. The van der Waals surface area contributed by atoms with Gasteiger partial charge >= 0.3 is 0 Å². The fourth-order valence-electron chi connectivity index (χ4n) is 1.69. The molecule has 1 aliphatic heterocycles. The molecule has 5 nitrogen and oxygen atoms in total.